The van der Waals surface area contributed by atoms with E-state index in [1.807, 2.05) is 6.92 Å². The van der Waals surface area contributed by atoms with Gasteiger partial charge >= 0.3 is 0 Å². The number of carbonyl (C=O) groups excluding carboxylic acids is 1. The molecule has 3 rings (SSSR count). The van der Waals surface area contributed by atoms with Crippen molar-refractivity contribution in [1.82, 2.24) is 15.1 Å². The topological polar surface area (TPSA) is 52.2 Å². The number of H-pyrrole nitrogens is 1. The van der Waals surface area contributed by atoms with E-state index in [0.29, 0.717) is 18.8 Å². The first-order valence-electron chi connectivity index (χ1n) is 6.95. The number of aromatic amines is 1. The van der Waals surface area contributed by atoms with Crippen molar-refractivity contribution < 1.29 is 9.18 Å². The van der Waals surface area contributed by atoms with Crippen LogP contribution in [0.15, 0.2) is 30.3 Å². The van der Waals surface area contributed by atoms with Gasteiger partial charge in [-0.15, -0.1) is 0 Å². The molecule has 0 bridgehead atoms. The number of aromatic nitrogens is 2. The Balaban J connectivity index is 1.62. The summed E-state index contributed by atoms with van der Waals surface area (Å²) in [6, 6.07) is 8.21. The lowest BCUT2D eigenvalue weighted by Gasteiger charge is -2.35. The molecule has 0 radical (unpaired) electrons. The molecule has 1 aliphatic rings. The molecule has 1 amide bonds. The zero-order valence-electron chi connectivity index (χ0n) is 11.8. The minimum atomic E-state index is -0.235. The van der Waals surface area contributed by atoms with Gasteiger partial charge in [0.05, 0.1) is 0 Å². The molecule has 110 valence electrons. The number of rotatable bonds is 2. The predicted molar refractivity (Wildman–Crippen MR) is 77.8 cm³/mol. The minimum Gasteiger partial charge on any atom is -0.368 e. The molecule has 1 aliphatic heterocycles. The molecular formula is C15H17FN4O. The van der Waals surface area contributed by atoms with Crippen LogP contribution in [0, 0.1) is 12.7 Å². The number of nitrogens with one attached hydrogen (secondary N) is 1. The van der Waals surface area contributed by atoms with Gasteiger partial charge in [0.1, 0.15) is 11.5 Å². The number of amides is 1. The average molecular weight is 288 g/mol. The van der Waals surface area contributed by atoms with E-state index in [0.717, 1.165) is 24.5 Å². The molecule has 2 aromatic rings. The van der Waals surface area contributed by atoms with E-state index in [-0.39, 0.29) is 11.7 Å². The highest BCUT2D eigenvalue weighted by Crippen LogP contribution is 2.17. The number of benzene rings is 1. The lowest BCUT2D eigenvalue weighted by atomic mass is 10.2. The van der Waals surface area contributed by atoms with E-state index in [4.69, 9.17) is 0 Å². The van der Waals surface area contributed by atoms with E-state index in [1.54, 1.807) is 23.1 Å². The zero-order chi connectivity index (χ0) is 14.8. The molecule has 1 fully saturated rings. The average Bonchev–Trinajstić information content (AvgIpc) is 2.94. The Morgan fingerprint density at radius 3 is 2.43 bits per heavy atom. The van der Waals surface area contributed by atoms with E-state index < -0.39 is 0 Å². The molecule has 0 saturated carbocycles. The van der Waals surface area contributed by atoms with Gasteiger partial charge in [0.25, 0.3) is 5.91 Å². The Hall–Kier alpha value is -2.37. The third-order valence-electron chi connectivity index (χ3n) is 3.68. The van der Waals surface area contributed by atoms with Crippen molar-refractivity contribution in [2.24, 2.45) is 0 Å². The van der Waals surface area contributed by atoms with Crippen LogP contribution >= 0.6 is 0 Å². The molecule has 1 aromatic carbocycles. The number of aryl methyl sites for hydroxylation is 1. The first kappa shape index (κ1) is 13.6. The summed E-state index contributed by atoms with van der Waals surface area (Å²) in [5, 5.41) is 6.79. The number of piperazine rings is 1. The van der Waals surface area contributed by atoms with Crippen molar-refractivity contribution in [2.75, 3.05) is 31.1 Å². The highest BCUT2D eigenvalue weighted by atomic mass is 19.1. The van der Waals surface area contributed by atoms with Gasteiger partial charge in [-0.05, 0) is 37.3 Å². The molecule has 5 nitrogen and oxygen atoms in total. The molecule has 1 N–H and O–H groups in total. The van der Waals surface area contributed by atoms with Crippen molar-refractivity contribution in [3.63, 3.8) is 0 Å². The van der Waals surface area contributed by atoms with E-state index in [1.165, 1.54) is 12.1 Å². The monoisotopic (exact) mass is 288 g/mol. The summed E-state index contributed by atoms with van der Waals surface area (Å²) in [6.45, 7) is 4.63. The number of halogens is 1. The minimum absolute atomic E-state index is 0.0434. The molecule has 0 atom stereocenters. The zero-order valence-corrected chi connectivity index (χ0v) is 11.8. The fourth-order valence-electron chi connectivity index (χ4n) is 2.51. The number of anilines is 1. The normalized spacial score (nSPS) is 15.3. The first-order chi connectivity index (χ1) is 10.1. The van der Waals surface area contributed by atoms with Crippen LogP contribution in [0.1, 0.15) is 16.2 Å². The maximum atomic E-state index is 12.9. The van der Waals surface area contributed by atoms with Crippen LogP contribution in [-0.2, 0) is 0 Å². The van der Waals surface area contributed by atoms with Crippen LogP contribution in [-0.4, -0.2) is 47.2 Å². The van der Waals surface area contributed by atoms with Gasteiger partial charge in [0, 0.05) is 37.6 Å². The largest absolute Gasteiger partial charge is 0.368 e. The Kier molecular flexibility index (Phi) is 3.60. The molecule has 1 saturated heterocycles. The maximum absolute atomic E-state index is 12.9. The van der Waals surface area contributed by atoms with Crippen LogP contribution < -0.4 is 4.90 Å². The Morgan fingerprint density at radius 2 is 1.86 bits per heavy atom. The lowest BCUT2D eigenvalue weighted by Crippen LogP contribution is -2.48. The fourth-order valence-corrected chi connectivity index (χ4v) is 2.51. The Labute approximate surface area is 122 Å². The molecule has 1 aromatic heterocycles. The molecule has 2 heterocycles. The predicted octanol–water partition coefficient (Wildman–Crippen LogP) is 1.82. The highest BCUT2D eigenvalue weighted by molar-refractivity contribution is 5.92. The SMILES string of the molecule is Cc1cc(C(=O)N2CCN(c3ccc(F)cc3)CC2)n[nH]1. The summed E-state index contributed by atoms with van der Waals surface area (Å²) in [6.07, 6.45) is 0. The summed E-state index contributed by atoms with van der Waals surface area (Å²) in [5.41, 5.74) is 2.32. The standard InChI is InChI=1S/C15H17FN4O/c1-11-10-14(18-17-11)15(21)20-8-6-19(7-9-20)13-4-2-12(16)3-5-13/h2-5,10H,6-9H2,1H3,(H,17,18). The smallest absolute Gasteiger partial charge is 0.274 e. The molecule has 21 heavy (non-hydrogen) atoms. The van der Waals surface area contributed by atoms with Gasteiger partial charge in [-0.1, -0.05) is 0 Å². The van der Waals surface area contributed by atoms with Gasteiger partial charge in [-0.25, -0.2) is 4.39 Å². The molecule has 0 aliphatic carbocycles. The van der Waals surface area contributed by atoms with Gasteiger partial charge in [0.2, 0.25) is 0 Å². The van der Waals surface area contributed by atoms with E-state index in [9.17, 15) is 9.18 Å². The van der Waals surface area contributed by atoms with Crippen LogP contribution in [0.5, 0.6) is 0 Å². The van der Waals surface area contributed by atoms with Gasteiger partial charge in [0.15, 0.2) is 0 Å². The molecular weight excluding hydrogens is 271 g/mol. The van der Waals surface area contributed by atoms with Crippen molar-refractivity contribution in [2.45, 2.75) is 6.92 Å². The van der Waals surface area contributed by atoms with Crippen LogP contribution in [0.25, 0.3) is 0 Å². The van der Waals surface area contributed by atoms with Crippen molar-refractivity contribution in [3.05, 3.63) is 47.5 Å². The third-order valence-corrected chi connectivity index (χ3v) is 3.68. The fraction of sp³-hybridized carbons (Fsp3) is 0.333. The summed E-state index contributed by atoms with van der Waals surface area (Å²) in [4.78, 5) is 16.2. The van der Waals surface area contributed by atoms with Crippen molar-refractivity contribution in [3.8, 4) is 0 Å². The van der Waals surface area contributed by atoms with Crippen LogP contribution in [0.2, 0.25) is 0 Å². The van der Waals surface area contributed by atoms with E-state index >= 15 is 0 Å². The number of hydrogen-bond donors (Lipinski definition) is 1. The van der Waals surface area contributed by atoms with Crippen molar-refractivity contribution >= 4 is 11.6 Å². The van der Waals surface area contributed by atoms with Crippen LogP contribution in [0.3, 0.4) is 0 Å². The van der Waals surface area contributed by atoms with Gasteiger partial charge < -0.3 is 9.80 Å². The quantitative estimate of drug-likeness (QED) is 0.917. The lowest BCUT2D eigenvalue weighted by molar-refractivity contribution is 0.0741. The van der Waals surface area contributed by atoms with Crippen LogP contribution in [0.4, 0.5) is 10.1 Å². The highest BCUT2D eigenvalue weighted by Gasteiger charge is 2.23. The second kappa shape index (κ2) is 5.55. The second-order valence-electron chi connectivity index (χ2n) is 5.19. The molecule has 6 heteroatoms. The maximum Gasteiger partial charge on any atom is 0.274 e. The Bertz CT molecular complexity index is 629. The Morgan fingerprint density at radius 1 is 1.19 bits per heavy atom. The van der Waals surface area contributed by atoms with Crippen molar-refractivity contribution in [1.29, 1.82) is 0 Å². The molecule has 0 spiro atoms. The molecule has 0 unspecified atom stereocenters. The second-order valence-corrected chi connectivity index (χ2v) is 5.19. The third kappa shape index (κ3) is 2.89. The summed E-state index contributed by atoms with van der Waals surface area (Å²) in [5.74, 6) is -0.278. The van der Waals surface area contributed by atoms with E-state index in [2.05, 4.69) is 15.1 Å². The summed E-state index contributed by atoms with van der Waals surface area (Å²) >= 11 is 0. The summed E-state index contributed by atoms with van der Waals surface area (Å²) < 4.78 is 12.9. The number of hydrogen-bond acceptors (Lipinski definition) is 3. The number of nitrogens with zero attached hydrogens (tertiary/aromatic N) is 3. The van der Waals surface area contributed by atoms with Gasteiger partial charge in [-0.3, -0.25) is 9.89 Å². The van der Waals surface area contributed by atoms with Gasteiger partial charge in [-0.2, -0.15) is 5.10 Å². The first-order valence-corrected chi connectivity index (χ1v) is 6.95. The summed E-state index contributed by atoms with van der Waals surface area (Å²) in [7, 11) is 0. The number of carbonyl (C=O) groups is 1.